The summed E-state index contributed by atoms with van der Waals surface area (Å²) in [5.41, 5.74) is 1.76. The van der Waals surface area contributed by atoms with Crippen molar-refractivity contribution in [2.75, 3.05) is 12.9 Å². The van der Waals surface area contributed by atoms with Gasteiger partial charge in [0.2, 0.25) is 11.8 Å². The van der Waals surface area contributed by atoms with Crippen LogP contribution in [0.2, 0.25) is 0 Å². The minimum absolute atomic E-state index is 0.116. The molecular formula is C18H22N2O3S. The third kappa shape index (κ3) is 4.54. The molecule has 1 fully saturated rings. The van der Waals surface area contributed by atoms with Crippen LogP contribution in [0.4, 0.5) is 0 Å². The summed E-state index contributed by atoms with van der Waals surface area (Å²) in [6.45, 7) is 0. The van der Waals surface area contributed by atoms with E-state index in [1.165, 1.54) is 12.8 Å². The summed E-state index contributed by atoms with van der Waals surface area (Å²) in [6.07, 6.45) is 6.34. The van der Waals surface area contributed by atoms with Crippen molar-refractivity contribution in [2.24, 2.45) is 0 Å². The van der Waals surface area contributed by atoms with E-state index in [1.807, 2.05) is 24.3 Å². The topological polar surface area (TPSA) is 64.4 Å². The molecule has 1 saturated carbocycles. The van der Waals surface area contributed by atoms with Crippen LogP contribution in [0.5, 0.6) is 5.75 Å². The van der Waals surface area contributed by atoms with Gasteiger partial charge in [0.05, 0.1) is 18.6 Å². The molecule has 24 heavy (non-hydrogen) atoms. The molecule has 3 rings (SSSR count). The fraction of sp³-hybridized carbons (Fsp3) is 0.444. The molecule has 1 aliphatic rings. The van der Waals surface area contributed by atoms with Crippen molar-refractivity contribution >= 4 is 17.7 Å². The zero-order chi connectivity index (χ0) is 16.8. The molecule has 0 radical (unpaired) electrons. The summed E-state index contributed by atoms with van der Waals surface area (Å²) in [5.74, 6) is 2.63. The highest BCUT2D eigenvalue weighted by Gasteiger charge is 2.17. The Morgan fingerprint density at radius 3 is 2.79 bits per heavy atom. The second kappa shape index (κ2) is 8.24. The van der Waals surface area contributed by atoms with Crippen LogP contribution in [-0.4, -0.2) is 29.8 Å². The van der Waals surface area contributed by atoms with Crippen molar-refractivity contribution in [3.63, 3.8) is 0 Å². The van der Waals surface area contributed by atoms with E-state index in [0.29, 0.717) is 23.4 Å². The molecule has 1 amide bonds. The average molecular weight is 346 g/mol. The van der Waals surface area contributed by atoms with Crippen molar-refractivity contribution in [3.05, 3.63) is 36.2 Å². The summed E-state index contributed by atoms with van der Waals surface area (Å²) in [7, 11) is 1.64. The first kappa shape index (κ1) is 16.9. The number of oxazole rings is 1. The Bertz CT molecular complexity index is 663. The minimum atomic E-state index is 0.116. The molecule has 128 valence electrons. The number of aromatic nitrogens is 1. The predicted molar refractivity (Wildman–Crippen MR) is 95.1 cm³/mol. The van der Waals surface area contributed by atoms with Gasteiger partial charge in [-0.3, -0.25) is 4.79 Å². The van der Waals surface area contributed by atoms with E-state index >= 15 is 0 Å². The maximum Gasteiger partial charge on any atom is 0.230 e. The van der Waals surface area contributed by atoms with Crippen LogP contribution in [0, 0.1) is 0 Å². The number of amides is 1. The molecule has 0 atom stereocenters. The molecule has 1 N–H and O–H groups in total. The highest BCUT2D eigenvalue weighted by molar-refractivity contribution is 7.99. The number of hydrogen-bond acceptors (Lipinski definition) is 5. The van der Waals surface area contributed by atoms with Gasteiger partial charge < -0.3 is 14.5 Å². The molecule has 0 bridgehead atoms. The molecule has 1 aliphatic carbocycles. The van der Waals surface area contributed by atoms with Gasteiger partial charge in [-0.2, -0.15) is 0 Å². The quantitative estimate of drug-likeness (QED) is 0.829. The molecule has 2 aromatic rings. The highest BCUT2D eigenvalue weighted by atomic mass is 32.2. The Morgan fingerprint density at radius 2 is 2.08 bits per heavy atom. The first-order chi connectivity index (χ1) is 11.7. The van der Waals surface area contributed by atoms with Crippen LogP contribution in [0.15, 0.2) is 34.9 Å². The van der Waals surface area contributed by atoms with E-state index in [2.05, 4.69) is 10.3 Å². The third-order valence-corrected chi connectivity index (χ3v) is 5.06. The van der Waals surface area contributed by atoms with Gasteiger partial charge in [-0.25, -0.2) is 4.98 Å². The molecule has 0 saturated heterocycles. The number of benzene rings is 1. The molecule has 1 heterocycles. The number of carbonyl (C=O) groups is 1. The number of nitrogens with zero attached hydrogens (tertiary/aromatic N) is 1. The van der Waals surface area contributed by atoms with Gasteiger partial charge in [-0.05, 0) is 37.1 Å². The van der Waals surface area contributed by atoms with Crippen LogP contribution < -0.4 is 10.1 Å². The zero-order valence-corrected chi connectivity index (χ0v) is 14.6. The summed E-state index contributed by atoms with van der Waals surface area (Å²) in [4.78, 5) is 16.4. The fourth-order valence-electron chi connectivity index (χ4n) is 2.83. The smallest absolute Gasteiger partial charge is 0.230 e. The maximum absolute atomic E-state index is 11.9. The molecule has 0 spiro atoms. The van der Waals surface area contributed by atoms with Gasteiger partial charge in [-0.15, -0.1) is 11.8 Å². The fourth-order valence-corrected chi connectivity index (χ4v) is 3.54. The van der Waals surface area contributed by atoms with Gasteiger partial charge >= 0.3 is 0 Å². The molecule has 1 aromatic heterocycles. The van der Waals surface area contributed by atoms with Crippen LogP contribution in [0.3, 0.4) is 0 Å². The van der Waals surface area contributed by atoms with Crippen molar-refractivity contribution in [3.8, 4) is 17.2 Å². The Hall–Kier alpha value is -1.95. The lowest BCUT2D eigenvalue weighted by molar-refractivity contribution is -0.119. The van der Waals surface area contributed by atoms with Gasteiger partial charge in [0.15, 0.2) is 0 Å². The molecule has 0 unspecified atom stereocenters. The summed E-state index contributed by atoms with van der Waals surface area (Å²) >= 11 is 1.56. The van der Waals surface area contributed by atoms with Crippen molar-refractivity contribution in [1.82, 2.24) is 10.3 Å². The Labute approximate surface area is 146 Å². The van der Waals surface area contributed by atoms with Crippen LogP contribution in [-0.2, 0) is 10.5 Å². The van der Waals surface area contributed by atoms with Gasteiger partial charge in [-0.1, -0.05) is 12.8 Å². The van der Waals surface area contributed by atoms with Crippen LogP contribution in [0.1, 0.15) is 31.4 Å². The summed E-state index contributed by atoms with van der Waals surface area (Å²) in [5, 5.41) is 3.09. The monoisotopic (exact) mass is 346 g/mol. The van der Waals surface area contributed by atoms with E-state index in [1.54, 1.807) is 25.1 Å². The van der Waals surface area contributed by atoms with Gasteiger partial charge in [0.25, 0.3) is 0 Å². The SMILES string of the molecule is COc1ccc(-c2nc(CSCC(=O)NC3CCCC3)co2)cc1. The van der Waals surface area contributed by atoms with Crippen LogP contribution >= 0.6 is 11.8 Å². The van der Waals surface area contributed by atoms with Gasteiger partial charge in [0, 0.05) is 17.4 Å². The lowest BCUT2D eigenvalue weighted by Gasteiger charge is -2.11. The standard InChI is InChI=1S/C18H22N2O3S/c1-22-16-8-6-13(7-9-16)18-20-15(10-23-18)11-24-12-17(21)19-14-4-2-3-5-14/h6-10,14H,2-5,11-12H2,1H3,(H,19,21). The molecule has 6 heteroatoms. The number of ether oxygens (including phenoxy) is 1. The summed E-state index contributed by atoms with van der Waals surface area (Å²) < 4.78 is 10.7. The number of rotatable bonds is 7. The van der Waals surface area contributed by atoms with E-state index in [9.17, 15) is 4.79 Å². The Morgan fingerprint density at radius 1 is 1.33 bits per heavy atom. The lowest BCUT2D eigenvalue weighted by atomic mass is 10.2. The Balaban J connectivity index is 1.46. The maximum atomic E-state index is 11.9. The second-order valence-electron chi connectivity index (χ2n) is 5.91. The van der Waals surface area contributed by atoms with E-state index in [-0.39, 0.29) is 5.91 Å². The van der Waals surface area contributed by atoms with E-state index in [0.717, 1.165) is 29.8 Å². The number of nitrogens with one attached hydrogen (secondary N) is 1. The van der Waals surface area contributed by atoms with Crippen molar-refractivity contribution in [2.45, 2.75) is 37.5 Å². The average Bonchev–Trinajstić information content (AvgIpc) is 3.27. The third-order valence-electron chi connectivity index (χ3n) is 4.09. The normalized spacial score (nSPS) is 14.7. The van der Waals surface area contributed by atoms with Gasteiger partial charge in [0.1, 0.15) is 12.0 Å². The molecular weight excluding hydrogens is 324 g/mol. The number of hydrogen-bond donors (Lipinski definition) is 1. The van der Waals surface area contributed by atoms with Crippen molar-refractivity contribution in [1.29, 1.82) is 0 Å². The molecule has 5 nitrogen and oxygen atoms in total. The van der Waals surface area contributed by atoms with E-state index < -0.39 is 0 Å². The van der Waals surface area contributed by atoms with E-state index in [4.69, 9.17) is 9.15 Å². The van der Waals surface area contributed by atoms with Crippen molar-refractivity contribution < 1.29 is 13.9 Å². The number of methoxy groups -OCH3 is 1. The minimum Gasteiger partial charge on any atom is -0.497 e. The molecule has 0 aliphatic heterocycles. The second-order valence-corrected chi connectivity index (χ2v) is 6.90. The summed E-state index contributed by atoms with van der Waals surface area (Å²) in [6, 6.07) is 7.96. The zero-order valence-electron chi connectivity index (χ0n) is 13.8. The number of carbonyl (C=O) groups excluding carboxylic acids is 1. The molecule has 1 aromatic carbocycles. The largest absolute Gasteiger partial charge is 0.497 e. The highest BCUT2D eigenvalue weighted by Crippen LogP contribution is 2.23. The first-order valence-corrected chi connectivity index (χ1v) is 9.36. The number of thioether (sulfide) groups is 1. The predicted octanol–water partition coefficient (Wildman–Crippen LogP) is 3.64. The first-order valence-electron chi connectivity index (χ1n) is 8.20. The lowest BCUT2D eigenvalue weighted by Crippen LogP contribution is -2.33. The van der Waals surface area contributed by atoms with Crippen LogP contribution in [0.25, 0.3) is 11.5 Å². The Kier molecular flexibility index (Phi) is 5.80.